The Hall–Kier alpha value is -1.63. The molecule has 1 saturated heterocycles. The number of nitrogens with zero attached hydrogens (tertiary/aromatic N) is 2. The zero-order chi connectivity index (χ0) is 15.8. The van der Waals surface area contributed by atoms with Gasteiger partial charge < -0.3 is 15.0 Å². The number of ether oxygens (including phenoxy) is 1. The minimum absolute atomic E-state index is 0.0461. The number of piperidine rings is 1. The molecule has 1 N–H and O–H groups in total. The predicted octanol–water partition coefficient (Wildman–Crippen LogP) is -0.534. The number of hydrogen-bond acceptors (Lipinski definition) is 5. The van der Waals surface area contributed by atoms with E-state index in [0.29, 0.717) is 13.2 Å². The molecule has 1 fully saturated rings. The van der Waals surface area contributed by atoms with E-state index in [4.69, 9.17) is 4.74 Å². The van der Waals surface area contributed by atoms with Crippen LogP contribution in [0.5, 0.6) is 0 Å². The van der Waals surface area contributed by atoms with Crippen molar-refractivity contribution in [2.75, 3.05) is 46.9 Å². The van der Waals surface area contributed by atoms with Crippen molar-refractivity contribution < 1.29 is 19.1 Å². The molecular weight excluding hydrogens is 274 g/mol. The van der Waals surface area contributed by atoms with Crippen LogP contribution in [0.2, 0.25) is 0 Å². The Labute approximate surface area is 125 Å². The van der Waals surface area contributed by atoms with Crippen molar-refractivity contribution in [3.63, 3.8) is 0 Å². The van der Waals surface area contributed by atoms with Crippen LogP contribution in [-0.2, 0) is 19.1 Å². The summed E-state index contributed by atoms with van der Waals surface area (Å²) in [6.07, 6.45) is 1.67. The van der Waals surface area contributed by atoms with Crippen molar-refractivity contribution in [2.45, 2.75) is 19.8 Å². The maximum absolute atomic E-state index is 12.1. The van der Waals surface area contributed by atoms with Crippen LogP contribution in [0.4, 0.5) is 0 Å². The number of rotatable bonds is 6. The molecule has 2 amide bonds. The fourth-order valence-electron chi connectivity index (χ4n) is 2.35. The highest BCUT2D eigenvalue weighted by Crippen LogP contribution is 2.17. The van der Waals surface area contributed by atoms with Crippen molar-refractivity contribution in [3.05, 3.63) is 0 Å². The van der Waals surface area contributed by atoms with E-state index in [1.54, 1.807) is 14.0 Å². The van der Waals surface area contributed by atoms with Gasteiger partial charge in [-0.2, -0.15) is 0 Å². The van der Waals surface area contributed by atoms with E-state index in [1.165, 1.54) is 11.9 Å². The maximum Gasteiger partial charge on any atom is 0.310 e. The molecule has 1 aliphatic rings. The van der Waals surface area contributed by atoms with Gasteiger partial charge in [0.25, 0.3) is 0 Å². The van der Waals surface area contributed by atoms with Crippen molar-refractivity contribution in [3.8, 4) is 0 Å². The lowest BCUT2D eigenvalue weighted by Crippen LogP contribution is -2.46. The lowest BCUT2D eigenvalue weighted by Gasteiger charge is -2.31. The van der Waals surface area contributed by atoms with E-state index < -0.39 is 0 Å². The Morgan fingerprint density at radius 1 is 1.38 bits per heavy atom. The van der Waals surface area contributed by atoms with Crippen LogP contribution in [0.15, 0.2) is 0 Å². The summed E-state index contributed by atoms with van der Waals surface area (Å²) in [5.74, 6) is -0.666. The quantitative estimate of drug-likeness (QED) is 0.667. The Morgan fingerprint density at radius 3 is 2.71 bits per heavy atom. The van der Waals surface area contributed by atoms with Gasteiger partial charge in [0.15, 0.2) is 0 Å². The van der Waals surface area contributed by atoms with Crippen LogP contribution in [-0.4, -0.2) is 74.5 Å². The molecule has 1 aliphatic heterocycles. The number of esters is 1. The highest BCUT2D eigenvalue weighted by atomic mass is 16.5. The summed E-state index contributed by atoms with van der Waals surface area (Å²) in [5, 5.41) is 2.48. The molecule has 1 rings (SSSR count). The Bertz CT molecular complexity index is 386. The average Bonchev–Trinajstić information content (AvgIpc) is 2.47. The Morgan fingerprint density at radius 2 is 2.10 bits per heavy atom. The summed E-state index contributed by atoms with van der Waals surface area (Å²) in [4.78, 5) is 38.4. The van der Waals surface area contributed by atoms with E-state index in [1.807, 2.05) is 4.90 Å². The molecule has 7 nitrogen and oxygen atoms in total. The van der Waals surface area contributed by atoms with E-state index >= 15 is 0 Å². The molecule has 0 saturated carbocycles. The van der Waals surface area contributed by atoms with Crippen LogP contribution in [0.1, 0.15) is 19.8 Å². The van der Waals surface area contributed by atoms with Gasteiger partial charge in [-0.15, -0.1) is 0 Å². The summed E-state index contributed by atoms with van der Waals surface area (Å²) < 4.78 is 5.04. The summed E-state index contributed by atoms with van der Waals surface area (Å²) in [5.41, 5.74) is 0. The fourth-order valence-corrected chi connectivity index (χ4v) is 2.35. The first-order chi connectivity index (χ1) is 9.97. The Kier molecular flexibility index (Phi) is 7.14. The molecule has 0 bridgehead atoms. The number of carbonyl (C=O) groups is 3. The second-order valence-corrected chi connectivity index (χ2v) is 5.25. The minimum Gasteiger partial charge on any atom is -0.466 e. The number of nitrogens with one attached hydrogen (secondary N) is 1. The normalized spacial score (nSPS) is 18.9. The smallest absolute Gasteiger partial charge is 0.310 e. The SMILES string of the molecule is CCOC(=O)[C@@H]1CCCN(CC(=O)N(C)CC(=O)NC)C1. The number of likely N-dealkylation sites (tertiary alicyclic amines) is 1. The van der Waals surface area contributed by atoms with Gasteiger partial charge in [-0.05, 0) is 26.3 Å². The molecule has 0 aromatic carbocycles. The summed E-state index contributed by atoms with van der Waals surface area (Å²) in [6, 6.07) is 0. The van der Waals surface area contributed by atoms with Crippen molar-refractivity contribution >= 4 is 17.8 Å². The summed E-state index contributed by atoms with van der Waals surface area (Å²) >= 11 is 0. The van der Waals surface area contributed by atoms with E-state index in [-0.39, 0.29) is 36.8 Å². The number of likely N-dealkylation sites (N-methyl/N-ethyl adjacent to an activating group) is 2. The zero-order valence-corrected chi connectivity index (χ0v) is 13.1. The monoisotopic (exact) mass is 299 g/mol. The van der Waals surface area contributed by atoms with Gasteiger partial charge in [0.2, 0.25) is 11.8 Å². The number of amides is 2. The minimum atomic E-state index is -0.200. The standard InChI is InChI=1S/C14H25N3O4/c1-4-21-14(20)11-6-5-7-17(8-11)10-13(19)16(3)9-12(18)15-2/h11H,4-10H2,1-3H3,(H,15,18)/t11-/m1/s1. The first-order valence-electron chi connectivity index (χ1n) is 7.31. The van der Waals surface area contributed by atoms with E-state index in [0.717, 1.165) is 19.4 Å². The zero-order valence-electron chi connectivity index (χ0n) is 13.1. The molecule has 0 aromatic rings. The van der Waals surface area contributed by atoms with Gasteiger partial charge in [0, 0.05) is 20.6 Å². The molecule has 120 valence electrons. The van der Waals surface area contributed by atoms with Gasteiger partial charge in [0.05, 0.1) is 25.6 Å². The van der Waals surface area contributed by atoms with Crippen molar-refractivity contribution in [1.82, 2.24) is 15.1 Å². The highest BCUT2D eigenvalue weighted by molar-refractivity contribution is 5.85. The van der Waals surface area contributed by atoms with Crippen LogP contribution in [0.3, 0.4) is 0 Å². The molecule has 21 heavy (non-hydrogen) atoms. The number of hydrogen-bond donors (Lipinski definition) is 1. The maximum atomic E-state index is 12.1. The van der Waals surface area contributed by atoms with Gasteiger partial charge in [0.1, 0.15) is 0 Å². The summed E-state index contributed by atoms with van der Waals surface area (Å²) in [6.45, 7) is 3.76. The lowest BCUT2D eigenvalue weighted by molar-refractivity contribution is -0.150. The molecule has 0 aliphatic carbocycles. The van der Waals surface area contributed by atoms with Crippen LogP contribution >= 0.6 is 0 Å². The van der Waals surface area contributed by atoms with Crippen molar-refractivity contribution in [2.24, 2.45) is 5.92 Å². The third-order valence-electron chi connectivity index (χ3n) is 3.57. The van der Waals surface area contributed by atoms with Gasteiger partial charge in [-0.25, -0.2) is 0 Å². The van der Waals surface area contributed by atoms with Crippen LogP contribution < -0.4 is 5.32 Å². The van der Waals surface area contributed by atoms with Gasteiger partial charge in [-0.3, -0.25) is 19.3 Å². The lowest BCUT2D eigenvalue weighted by atomic mass is 9.98. The van der Waals surface area contributed by atoms with Crippen molar-refractivity contribution in [1.29, 1.82) is 0 Å². The third-order valence-corrected chi connectivity index (χ3v) is 3.57. The first kappa shape index (κ1) is 17.4. The largest absolute Gasteiger partial charge is 0.466 e. The molecule has 7 heteroatoms. The molecule has 1 atom stereocenters. The average molecular weight is 299 g/mol. The molecule has 0 unspecified atom stereocenters. The topological polar surface area (TPSA) is 79.0 Å². The fraction of sp³-hybridized carbons (Fsp3) is 0.786. The van der Waals surface area contributed by atoms with E-state index in [2.05, 4.69) is 5.32 Å². The van der Waals surface area contributed by atoms with Crippen LogP contribution in [0.25, 0.3) is 0 Å². The predicted molar refractivity (Wildman–Crippen MR) is 77.5 cm³/mol. The molecular formula is C14H25N3O4. The molecule has 0 radical (unpaired) electrons. The van der Waals surface area contributed by atoms with Gasteiger partial charge >= 0.3 is 5.97 Å². The van der Waals surface area contributed by atoms with Crippen LogP contribution in [0, 0.1) is 5.92 Å². The second-order valence-electron chi connectivity index (χ2n) is 5.25. The molecule has 0 aromatic heterocycles. The summed E-state index contributed by atoms with van der Waals surface area (Å²) in [7, 11) is 3.14. The molecule has 1 heterocycles. The van der Waals surface area contributed by atoms with E-state index in [9.17, 15) is 14.4 Å². The third kappa shape index (κ3) is 5.71. The second kappa shape index (κ2) is 8.61. The first-order valence-corrected chi connectivity index (χ1v) is 7.31. The van der Waals surface area contributed by atoms with Gasteiger partial charge in [-0.1, -0.05) is 0 Å². The Balaban J connectivity index is 2.44. The number of carbonyl (C=O) groups excluding carboxylic acids is 3. The molecule has 0 spiro atoms. The highest BCUT2D eigenvalue weighted by Gasteiger charge is 2.28.